The molecular formula is C12H17N3O2Si. The van der Waals surface area contributed by atoms with E-state index in [0.29, 0.717) is 12.1 Å². The molecule has 5 nitrogen and oxygen atoms in total. The van der Waals surface area contributed by atoms with Gasteiger partial charge in [0.1, 0.15) is 19.6 Å². The minimum atomic E-state index is -1.46. The van der Waals surface area contributed by atoms with Gasteiger partial charge in [0.15, 0.2) is 0 Å². The maximum absolute atomic E-state index is 9.70. The monoisotopic (exact) mass is 263 g/mol. The van der Waals surface area contributed by atoms with Crippen LogP contribution in [0.3, 0.4) is 0 Å². The van der Waals surface area contributed by atoms with Crippen molar-refractivity contribution in [2.75, 3.05) is 0 Å². The minimum absolute atomic E-state index is 0.133. The molecule has 18 heavy (non-hydrogen) atoms. The summed E-state index contributed by atoms with van der Waals surface area (Å²) in [7, 11) is -1.46. The lowest BCUT2D eigenvalue weighted by atomic mass is 10.2. The van der Waals surface area contributed by atoms with Crippen LogP contribution in [0.2, 0.25) is 19.6 Å². The number of aromatic hydroxyl groups is 2. The van der Waals surface area contributed by atoms with E-state index in [1.54, 1.807) is 4.68 Å². The highest BCUT2D eigenvalue weighted by Crippen LogP contribution is 2.22. The number of aromatic nitrogens is 3. The van der Waals surface area contributed by atoms with E-state index in [-0.39, 0.29) is 11.5 Å². The molecule has 0 amide bonds. The van der Waals surface area contributed by atoms with Crippen LogP contribution in [0, 0.1) is 0 Å². The Hall–Kier alpha value is -1.82. The summed E-state index contributed by atoms with van der Waals surface area (Å²) in [4.78, 5) is 0. The fourth-order valence-corrected chi connectivity index (χ4v) is 2.47. The highest BCUT2D eigenvalue weighted by Gasteiger charge is 2.20. The standard InChI is InChI=1S/C12H17N3O2Si/c1-18(2,3)12-8-15(14-13-12)7-9-6-10(16)4-5-11(9)17/h4-6,8,16-17H,7H2,1-3H3. The second-order valence-electron chi connectivity index (χ2n) is 5.36. The molecule has 0 aliphatic heterocycles. The van der Waals surface area contributed by atoms with Crippen LogP contribution in [-0.2, 0) is 6.54 Å². The van der Waals surface area contributed by atoms with Gasteiger partial charge in [0.2, 0.25) is 0 Å². The van der Waals surface area contributed by atoms with Gasteiger partial charge in [0, 0.05) is 11.8 Å². The van der Waals surface area contributed by atoms with Crippen molar-refractivity contribution in [3.63, 3.8) is 0 Å². The van der Waals surface area contributed by atoms with Crippen molar-refractivity contribution >= 4 is 13.4 Å². The molecule has 1 heterocycles. The number of phenols is 2. The summed E-state index contributed by atoms with van der Waals surface area (Å²) in [6, 6.07) is 4.46. The molecule has 2 N–H and O–H groups in total. The number of hydrogen-bond acceptors (Lipinski definition) is 4. The van der Waals surface area contributed by atoms with Crippen molar-refractivity contribution < 1.29 is 10.2 Å². The van der Waals surface area contributed by atoms with E-state index in [2.05, 4.69) is 30.0 Å². The molecule has 0 saturated heterocycles. The van der Waals surface area contributed by atoms with Gasteiger partial charge in [-0.15, -0.1) is 5.10 Å². The van der Waals surface area contributed by atoms with E-state index in [1.807, 2.05) is 6.20 Å². The normalized spacial score (nSPS) is 11.7. The summed E-state index contributed by atoms with van der Waals surface area (Å²) in [5.74, 6) is 0.284. The van der Waals surface area contributed by atoms with Crippen LogP contribution in [0.4, 0.5) is 0 Å². The topological polar surface area (TPSA) is 71.2 Å². The molecule has 0 aliphatic rings. The molecule has 0 aliphatic carbocycles. The third kappa shape index (κ3) is 2.70. The maximum Gasteiger partial charge on any atom is 0.120 e. The number of hydrogen-bond donors (Lipinski definition) is 2. The third-order valence-electron chi connectivity index (χ3n) is 2.70. The van der Waals surface area contributed by atoms with Crippen LogP contribution in [0.5, 0.6) is 11.5 Å². The van der Waals surface area contributed by atoms with E-state index in [0.717, 1.165) is 5.32 Å². The summed E-state index contributed by atoms with van der Waals surface area (Å²) < 4.78 is 1.68. The highest BCUT2D eigenvalue weighted by molar-refractivity contribution is 6.88. The van der Waals surface area contributed by atoms with E-state index in [9.17, 15) is 10.2 Å². The van der Waals surface area contributed by atoms with Gasteiger partial charge in [-0.25, -0.2) is 4.68 Å². The molecular weight excluding hydrogens is 246 g/mol. The molecule has 0 saturated carbocycles. The van der Waals surface area contributed by atoms with Gasteiger partial charge in [-0.05, 0) is 18.2 Å². The number of phenolic OH excluding ortho intramolecular Hbond substituents is 2. The number of rotatable bonds is 3. The van der Waals surface area contributed by atoms with Crippen LogP contribution in [0.15, 0.2) is 24.4 Å². The molecule has 0 unspecified atom stereocenters. The SMILES string of the molecule is C[Si](C)(C)c1cn(Cc2cc(O)ccc2O)nn1. The zero-order chi connectivity index (χ0) is 13.3. The molecule has 0 spiro atoms. The quantitative estimate of drug-likeness (QED) is 0.646. The largest absolute Gasteiger partial charge is 0.508 e. The van der Waals surface area contributed by atoms with Gasteiger partial charge in [-0.3, -0.25) is 0 Å². The number of benzene rings is 1. The van der Waals surface area contributed by atoms with E-state index in [4.69, 9.17) is 0 Å². The van der Waals surface area contributed by atoms with Crippen LogP contribution in [-0.4, -0.2) is 33.3 Å². The van der Waals surface area contributed by atoms with Gasteiger partial charge >= 0.3 is 0 Å². The van der Waals surface area contributed by atoms with Crippen molar-refractivity contribution in [1.82, 2.24) is 15.0 Å². The predicted octanol–water partition coefficient (Wildman–Crippen LogP) is 1.28. The van der Waals surface area contributed by atoms with Gasteiger partial charge < -0.3 is 10.2 Å². The van der Waals surface area contributed by atoms with Gasteiger partial charge in [-0.2, -0.15) is 0 Å². The molecule has 0 fully saturated rings. The molecule has 0 radical (unpaired) electrons. The number of nitrogens with zero attached hydrogens (tertiary/aromatic N) is 3. The first kappa shape index (κ1) is 12.6. The molecule has 0 bridgehead atoms. The predicted molar refractivity (Wildman–Crippen MR) is 71.9 cm³/mol. The van der Waals surface area contributed by atoms with E-state index < -0.39 is 8.07 Å². The van der Waals surface area contributed by atoms with Crippen LogP contribution in [0.1, 0.15) is 5.56 Å². The lowest BCUT2D eigenvalue weighted by molar-refractivity contribution is 0.450. The van der Waals surface area contributed by atoms with Crippen LogP contribution in [0.25, 0.3) is 0 Å². The summed E-state index contributed by atoms with van der Waals surface area (Å²) in [5.41, 5.74) is 0.627. The third-order valence-corrected chi connectivity index (χ3v) is 4.47. The van der Waals surface area contributed by atoms with Crippen molar-refractivity contribution in [2.45, 2.75) is 26.2 Å². The first-order chi connectivity index (χ1) is 8.36. The van der Waals surface area contributed by atoms with Gasteiger partial charge in [0.25, 0.3) is 0 Å². The summed E-state index contributed by atoms with van der Waals surface area (Å²) in [6.07, 6.45) is 1.91. The Labute approximate surface area is 107 Å². The fourth-order valence-electron chi connectivity index (χ4n) is 1.59. The Morgan fingerprint density at radius 2 is 1.94 bits per heavy atom. The first-order valence-corrected chi connectivity index (χ1v) is 9.28. The van der Waals surface area contributed by atoms with Crippen LogP contribution < -0.4 is 5.32 Å². The molecule has 6 heteroatoms. The van der Waals surface area contributed by atoms with Crippen molar-refractivity contribution in [3.8, 4) is 11.5 Å². The smallest absolute Gasteiger partial charge is 0.120 e. The Morgan fingerprint density at radius 3 is 2.56 bits per heavy atom. The minimum Gasteiger partial charge on any atom is -0.508 e. The zero-order valence-electron chi connectivity index (χ0n) is 10.8. The molecule has 1 aromatic heterocycles. The molecule has 0 atom stereocenters. The Bertz CT molecular complexity index is 561. The highest BCUT2D eigenvalue weighted by atomic mass is 28.3. The molecule has 2 rings (SSSR count). The molecule has 2 aromatic rings. The van der Waals surface area contributed by atoms with Crippen molar-refractivity contribution in [1.29, 1.82) is 0 Å². The average Bonchev–Trinajstić information content (AvgIpc) is 2.71. The Kier molecular flexibility index (Phi) is 3.12. The Balaban J connectivity index is 2.24. The van der Waals surface area contributed by atoms with Crippen molar-refractivity contribution in [2.24, 2.45) is 0 Å². The second kappa shape index (κ2) is 4.45. The van der Waals surface area contributed by atoms with E-state index in [1.165, 1.54) is 18.2 Å². The van der Waals surface area contributed by atoms with Gasteiger partial charge in [-0.1, -0.05) is 24.9 Å². The maximum atomic E-state index is 9.70. The van der Waals surface area contributed by atoms with Crippen LogP contribution >= 0.6 is 0 Å². The fraction of sp³-hybridized carbons (Fsp3) is 0.333. The second-order valence-corrected chi connectivity index (χ2v) is 10.4. The summed E-state index contributed by atoms with van der Waals surface area (Å²) in [5, 5.41) is 28.4. The lowest BCUT2D eigenvalue weighted by Gasteiger charge is -2.10. The Morgan fingerprint density at radius 1 is 1.22 bits per heavy atom. The van der Waals surface area contributed by atoms with Gasteiger partial charge in [0.05, 0.1) is 11.9 Å². The average molecular weight is 263 g/mol. The van der Waals surface area contributed by atoms with Crippen molar-refractivity contribution in [3.05, 3.63) is 30.0 Å². The first-order valence-electron chi connectivity index (χ1n) is 5.78. The molecule has 96 valence electrons. The van der Waals surface area contributed by atoms with E-state index >= 15 is 0 Å². The zero-order valence-corrected chi connectivity index (χ0v) is 11.8. The molecule has 1 aromatic carbocycles. The summed E-state index contributed by atoms with van der Waals surface area (Å²) in [6.45, 7) is 7.01. The summed E-state index contributed by atoms with van der Waals surface area (Å²) >= 11 is 0. The lowest BCUT2D eigenvalue weighted by Crippen LogP contribution is -2.38.